The number of amides is 2. The summed E-state index contributed by atoms with van der Waals surface area (Å²) in [5.41, 5.74) is 0. The average Bonchev–Trinajstić information content (AvgIpc) is 2.78. The second-order valence-electron chi connectivity index (χ2n) is 5.73. The largest absolute Gasteiger partial charge is 0.481 e. The fraction of sp³-hybridized carbons (Fsp3) is 0.733. The fourth-order valence-corrected chi connectivity index (χ4v) is 1.56. The quantitative estimate of drug-likeness (QED) is 0.670. The molecule has 1 rings (SSSR count). The summed E-state index contributed by atoms with van der Waals surface area (Å²) in [7, 11) is 0. The number of imide groups is 1. The smallest absolute Gasteiger partial charge is 0.336 e. The molecule has 8 nitrogen and oxygen atoms in total. The number of aliphatic hydroxyl groups excluding tert-OH is 1. The van der Waals surface area contributed by atoms with Crippen molar-refractivity contribution in [1.82, 2.24) is 5.06 Å². The molecular weight excluding hydrogens is 306 g/mol. The lowest BCUT2D eigenvalue weighted by Crippen LogP contribution is -2.34. The van der Waals surface area contributed by atoms with Gasteiger partial charge in [0.25, 0.3) is 11.8 Å². The van der Waals surface area contributed by atoms with Gasteiger partial charge in [-0.3, -0.25) is 14.4 Å². The highest BCUT2D eigenvalue weighted by Crippen LogP contribution is 2.14. The molecule has 0 saturated carbocycles. The molecule has 1 unspecified atom stereocenters. The molecule has 0 aromatic heterocycles. The minimum Gasteiger partial charge on any atom is -0.481 e. The van der Waals surface area contributed by atoms with Gasteiger partial charge in [-0.2, -0.15) is 0 Å². The molecule has 1 saturated heterocycles. The molecule has 0 radical (unpaired) electrons. The van der Waals surface area contributed by atoms with Crippen molar-refractivity contribution in [3.05, 3.63) is 0 Å². The third kappa shape index (κ3) is 8.92. The molecule has 8 heteroatoms. The van der Waals surface area contributed by atoms with Crippen molar-refractivity contribution >= 4 is 23.8 Å². The highest BCUT2D eigenvalue weighted by Gasteiger charge is 2.33. The number of aliphatic hydroxyl groups is 1. The monoisotopic (exact) mass is 331 g/mol. The van der Waals surface area contributed by atoms with Crippen LogP contribution in [0.5, 0.6) is 0 Å². The van der Waals surface area contributed by atoms with Crippen molar-refractivity contribution in [1.29, 1.82) is 0 Å². The first-order chi connectivity index (χ1) is 10.7. The van der Waals surface area contributed by atoms with Crippen LogP contribution in [0, 0.1) is 11.8 Å². The molecule has 2 N–H and O–H groups in total. The highest BCUT2D eigenvalue weighted by atomic mass is 16.7. The van der Waals surface area contributed by atoms with E-state index in [2.05, 4.69) is 4.84 Å². The van der Waals surface area contributed by atoms with Crippen molar-refractivity contribution < 1.29 is 34.2 Å². The first-order valence-corrected chi connectivity index (χ1v) is 7.59. The van der Waals surface area contributed by atoms with Crippen LogP contribution in [-0.4, -0.2) is 45.6 Å². The Morgan fingerprint density at radius 3 is 2.00 bits per heavy atom. The van der Waals surface area contributed by atoms with Crippen LogP contribution >= 0.6 is 0 Å². The molecule has 0 aromatic carbocycles. The van der Waals surface area contributed by atoms with E-state index in [1.165, 1.54) is 0 Å². The zero-order valence-corrected chi connectivity index (χ0v) is 13.8. The number of rotatable bonds is 7. The number of aliphatic carboxylic acids is 1. The van der Waals surface area contributed by atoms with Crippen LogP contribution in [0.1, 0.15) is 52.9 Å². The number of carboxylic acids is 1. The second kappa shape index (κ2) is 10.7. The molecule has 1 aliphatic heterocycles. The number of hydroxylamine groups is 2. The minimum absolute atomic E-state index is 0.0838. The van der Waals surface area contributed by atoms with Gasteiger partial charge in [-0.15, -0.1) is 5.06 Å². The van der Waals surface area contributed by atoms with Gasteiger partial charge in [0.15, 0.2) is 0 Å². The van der Waals surface area contributed by atoms with E-state index < -0.39 is 29.7 Å². The van der Waals surface area contributed by atoms with Crippen molar-refractivity contribution in [2.75, 3.05) is 6.61 Å². The molecule has 0 bridgehead atoms. The maximum absolute atomic E-state index is 11.3. The molecule has 1 fully saturated rings. The van der Waals surface area contributed by atoms with Crippen LogP contribution in [0.2, 0.25) is 0 Å². The lowest BCUT2D eigenvalue weighted by atomic mass is 10.1. The minimum atomic E-state index is -0.696. The zero-order valence-electron chi connectivity index (χ0n) is 13.8. The predicted molar refractivity (Wildman–Crippen MR) is 79.8 cm³/mol. The summed E-state index contributed by atoms with van der Waals surface area (Å²) in [6, 6.07) is 0. The van der Waals surface area contributed by atoms with E-state index in [9.17, 15) is 19.2 Å². The third-order valence-electron chi connectivity index (χ3n) is 3.09. The topological polar surface area (TPSA) is 121 Å². The summed E-state index contributed by atoms with van der Waals surface area (Å²) in [5, 5.41) is 17.3. The summed E-state index contributed by atoms with van der Waals surface area (Å²) in [5.74, 6) is -2.39. The molecule has 1 aliphatic rings. The van der Waals surface area contributed by atoms with Crippen LogP contribution in [-0.2, 0) is 24.0 Å². The summed E-state index contributed by atoms with van der Waals surface area (Å²) in [4.78, 5) is 48.0. The number of carbonyl (C=O) groups excluding carboxylic acids is 3. The van der Waals surface area contributed by atoms with E-state index in [4.69, 9.17) is 10.2 Å². The molecule has 23 heavy (non-hydrogen) atoms. The molecule has 132 valence electrons. The fourth-order valence-electron chi connectivity index (χ4n) is 1.56. The van der Waals surface area contributed by atoms with Crippen LogP contribution in [0.3, 0.4) is 0 Å². The Bertz CT molecular complexity index is 418. The van der Waals surface area contributed by atoms with Crippen LogP contribution in [0.25, 0.3) is 0 Å². The van der Waals surface area contributed by atoms with E-state index in [1.807, 2.05) is 13.8 Å². The summed E-state index contributed by atoms with van der Waals surface area (Å²) in [6.45, 7) is 5.45. The van der Waals surface area contributed by atoms with Crippen LogP contribution in [0.15, 0.2) is 0 Å². The second-order valence-corrected chi connectivity index (χ2v) is 5.73. The molecule has 0 aromatic rings. The van der Waals surface area contributed by atoms with E-state index >= 15 is 0 Å². The van der Waals surface area contributed by atoms with Gasteiger partial charge in [0, 0.05) is 25.9 Å². The van der Waals surface area contributed by atoms with Gasteiger partial charge < -0.3 is 15.1 Å². The van der Waals surface area contributed by atoms with Gasteiger partial charge in [-0.05, 0) is 18.8 Å². The normalized spacial score (nSPS) is 15.3. The first-order valence-electron chi connectivity index (χ1n) is 7.59. The highest BCUT2D eigenvalue weighted by molar-refractivity contribution is 6.01. The Labute approximate surface area is 135 Å². The molecule has 1 heterocycles. The Morgan fingerprint density at radius 2 is 1.65 bits per heavy atom. The van der Waals surface area contributed by atoms with Crippen molar-refractivity contribution in [3.63, 3.8) is 0 Å². The predicted octanol–water partition coefficient (Wildman–Crippen LogP) is 1.12. The molecule has 0 spiro atoms. The Kier molecular flexibility index (Phi) is 9.80. The standard InChI is InChI=1S/C9H13NO5.C6H12O2/c1-6(4-5-11)9(14)15-10-7(12)2-3-8(10)13;1-5(2)3-4-6(7)8/h6,11H,2-5H2,1H3;5H,3-4H2,1-2H3,(H,7,8). The summed E-state index contributed by atoms with van der Waals surface area (Å²) < 4.78 is 0. The molecular formula is C15H25NO7. The summed E-state index contributed by atoms with van der Waals surface area (Å²) >= 11 is 0. The Morgan fingerprint density at radius 1 is 1.13 bits per heavy atom. The van der Waals surface area contributed by atoms with Crippen molar-refractivity contribution in [2.24, 2.45) is 11.8 Å². The lowest BCUT2D eigenvalue weighted by Gasteiger charge is -2.15. The van der Waals surface area contributed by atoms with Gasteiger partial charge in [0.1, 0.15) is 0 Å². The van der Waals surface area contributed by atoms with E-state index in [1.54, 1.807) is 6.92 Å². The number of nitrogens with zero attached hydrogens (tertiary/aromatic N) is 1. The number of hydrogen-bond acceptors (Lipinski definition) is 6. The third-order valence-corrected chi connectivity index (χ3v) is 3.09. The first kappa shape index (κ1) is 21.0. The van der Waals surface area contributed by atoms with Crippen molar-refractivity contribution in [2.45, 2.75) is 52.9 Å². The zero-order chi connectivity index (χ0) is 18.0. The van der Waals surface area contributed by atoms with Gasteiger partial charge in [-0.25, -0.2) is 4.79 Å². The van der Waals surface area contributed by atoms with Gasteiger partial charge in [0.05, 0.1) is 5.92 Å². The van der Waals surface area contributed by atoms with Gasteiger partial charge in [-0.1, -0.05) is 20.8 Å². The van der Waals surface area contributed by atoms with E-state index in [0.29, 0.717) is 17.4 Å². The number of hydrogen-bond donors (Lipinski definition) is 2. The van der Waals surface area contributed by atoms with Crippen LogP contribution < -0.4 is 0 Å². The van der Waals surface area contributed by atoms with Gasteiger partial charge >= 0.3 is 11.9 Å². The lowest BCUT2D eigenvalue weighted by molar-refractivity contribution is -0.200. The summed E-state index contributed by atoms with van der Waals surface area (Å²) in [6.07, 6.45) is 1.50. The molecule has 1 atom stereocenters. The maximum Gasteiger partial charge on any atom is 0.336 e. The molecule has 2 amide bonds. The van der Waals surface area contributed by atoms with E-state index in [-0.39, 0.29) is 25.9 Å². The van der Waals surface area contributed by atoms with Gasteiger partial charge in [0.2, 0.25) is 0 Å². The Hall–Kier alpha value is -1.96. The maximum atomic E-state index is 11.3. The number of carboxylic acid groups (broad SMARTS) is 1. The average molecular weight is 331 g/mol. The molecule has 0 aliphatic carbocycles. The van der Waals surface area contributed by atoms with E-state index in [0.717, 1.165) is 6.42 Å². The van der Waals surface area contributed by atoms with Crippen molar-refractivity contribution in [3.8, 4) is 0 Å². The SMILES string of the molecule is CC(C)CCC(=O)O.CC(CCO)C(=O)ON1C(=O)CCC1=O. The Balaban J connectivity index is 0.000000515. The van der Waals surface area contributed by atoms with Crippen LogP contribution in [0.4, 0.5) is 0 Å². The number of carbonyl (C=O) groups is 4.